The van der Waals surface area contributed by atoms with Crippen LogP contribution in [0.25, 0.3) is 0 Å². The number of ether oxygens (including phenoxy) is 2. The second kappa shape index (κ2) is 8.26. The smallest absolute Gasteiger partial charge is 0.376 e. The second-order valence-corrected chi connectivity index (χ2v) is 3.97. The third kappa shape index (κ3) is 5.52. The molecule has 0 fully saturated rings. The zero-order valence-electron chi connectivity index (χ0n) is 11.2. The van der Waals surface area contributed by atoms with Crippen molar-refractivity contribution in [2.24, 2.45) is 0 Å². The third-order valence-electron chi connectivity index (χ3n) is 2.49. The highest BCUT2D eigenvalue weighted by Crippen LogP contribution is 1.99. The average Bonchev–Trinajstić information content (AvgIpc) is 2.44. The third-order valence-corrected chi connectivity index (χ3v) is 2.49. The zero-order valence-corrected chi connectivity index (χ0v) is 11.2. The van der Waals surface area contributed by atoms with E-state index in [0.717, 1.165) is 5.56 Å². The van der Waals surface area contributed by atoms with Crippen LogP contribution in [0.1, 0.15) is 19.4 Å². The number of rotatable bonds is 7. The highest BCUT2D eigenvalue weighted by molar-refractivity contribution is 5.74. The number of benzene rings is 1. The van der Waals surface area contributed by atoms with Gasteiger partial charge in [-0.3, -0.25) is 0 Å². The zero-order chi connectivity index (χ0) is 14.1. The Morgan fingerprint density at radius 2 is 2.11 bits per heavy atom. The van der Waals surface area contributed by atoms with Crippen LogP contribution in [0.5, 0.6) is 0 Å². The van der Waals surface area contributed by atoms with Crippen LogP contribution in [-0.2, 0) is 20.9 Å². The van der Waals surface area contributed by atoms with Crippen molar-refractivity contribution in [1.29, 1.82) is 0 Å². The van der Waals surface area contributed by atoms with Gasteiger partial charge in [-0.1, -0.05) is 30.3 Å². The Morgan fingerprint density at radius 1 is 1.42 bits per heavy atom. The van der Waals surface area contributed by atoms with Crippen molar-refractivity contribution >= 4 is 12.2 Å². The van der Waals surface area contributed by atoms with E-state index in [2.05, 4.69) is 0 Å². The number of carbonyl (C=O) groups is 1. The van der Waals surface area contributed by atoms with Crippen molar-refractivity contribution in [2.75, 3.05) is 13.2 Å². The van der Waals surface area contributed by atoms with E-state index in [4.69, 9.17) is 9.47 Å². The predicted molar refractivity (Wildman–Crippen MR) is 71.9 cm³/mol. The molecule has 19 heavy (non-hydrogen) atoms. The minimum absolute atomic E-state index is 0.155. The molecule has 104 valence electrons. The van der Waals surface area contributed by atoms with Crippen LogP contribution >= 0.6 is 0 Å². The first-order valence-corrected chi connectivity index (χ1v) is 6.22. The molecule has 0 aromatic heterocycles. The average molecular weight is 265 g/mol. The van der Waals surface area contributed by atoms with Crippen molar-refractivity contribution in [3.05, 3.63) is 41.1 Å². The van der Waals surface area contributed by atoms with E-state index in [9.17, 15) is 10.0 Å². The fraction of sp³-hybridized carbons (Fsp3) is 0.429. The van der Waals surface area contributed by atoms with E-state index in [-0.39, 0.29) is 13.2 Å². The van der Waals surface area contributed by atoms with Gasteiger partial charge in [0.05, 0.1) is 13.2 Å². The molecule has 0 saturated carbocycles. The topological polar surface area (TPSA) is 61.6 Å². The summed E-state index contributed by atoms with van der Waals surface area (Å²) < 4.78 is 10.6. The normalized spacial score (nSPS) is 13.1. The summed E-state index contributed by atoms with van der Waals surface area (Å²) in [6.45, 7) is 4.05. The van der Waals surface area contributed by atoms with Gasteiger partial charge >= 0.3 is 5.97 Å². The molecular formula is C14H19NO4. The fourth-order valence-corrected chi connectivity index (χ4v) is 1.40. The maximum atomic E-state index is 11.6. The molecule has 0 aliphatic rings. The number of esters is 1. The molecule has 5 nitrogen and oxygen atoms in total. The van der Waals surface area contributed by atoms with Crippen LogP contribution in [0.15, 0.2) is 30.3 Å². The van der Waals surface area contributed by atoms with Gasteiger partial charge < -0.3 is 14.7 Å². The maximum Gasteiger partial charge on any atom is 0.376 e. The lowest BCUT2D eigenvalue weighted by molar-refractivity contribution is -0.482. The number of carbonyl (C=O) groups excluding carboxylic acids is 1. The molecule has 0 unspecified atom stereocenters. The van der Waals surface area contributed by atoms with Gasteiger partial charge in [-0.15, -0.1) is 0 Å². The molecular weight excluding hydrogens is 246 g/mol. The quantitative estimate of drug-likeness (QED) is 0.188. The van der Waals surface area contributed by atoms with Gasteiger partial charge in [-0.2, -0.15) is 4.74 Å². The summed E-state index contributed by atoms with van der Waals surface area (Å²) >= 11 is 0. The van der Waals surface area contributed by atoms with E-state index in [1.165, 1.54) is 13.1 Å². The molecule has 0 aliphatic carbocycles. The molecule has 1 rings (SSSR count). The molecule has 1 atom stereocenters. The number of hydrogen-bond donors (Lipinski definition) is 0. The molecule has 1 aromatic rings. The first-order valence-electron chi connectivity index (χ1n) is 6.22. The van der Waals surface area contributed by atoms with Crippen molar-refractivity contribution in [3.8, 4) is 0 Å². The molecule has 0 N–H and O–H groups in total. The first kappa shape index (κ1) is 15.2. The van der Waals surface area contributed by atoms with Gasteiger partial charge in [0, 0.05) is 6.92 Å². The largest absolute Gasteiger partial charge is 0.623 e. The lowest BCUT2D eigenvalue weighted by Crippen LogP contribution is -2.31. The highest BCUT2D eigenvalue weighted by atomic mass is 16.5. The molecule has 0 bridgehead atoms. The summed E-state index contributed by atoms with van der Waals surface area (Å²) in [5.41, 5.74) is 1.03. The summed E-state index contributed by atoms with van der Waals surface area (Å²) in [6, 6.07) is 8.80. The molecule has 0 amide bonds. The Labute approximate surface area is 113 Å². The summed E-state index contributed by atoms with van der Waals surface area (Å²) in [6.07, 6.45) is 1.30. The molecule has 1 aromatic carbocycles. The van der Waals surface area contributed by atoms with Crippen molar-refractivity contribution < 1.29 is 19.0 Å². The van der Waals surface area contributed by atoms with Crippen LogP contribution in [-0.4, -0.2) is 36.2 Å². The fourth-order valence-electron chi connectivity index (χ4n) is 1.40. The number of hydrogen-bond acceptors (Lipinski definition) is 4. The van der Waals surface area contributed by atoms with Gasteiger partial charge in [0.1, 0.15) is 6.61 Å². The van der Waals surface area contributed by atoms with Crippen LogP contribution in [0.4, 0.5) is 0 Å². The minimum Gasteiger partial charge on any atom is -0.623 e. The summed E-state index contributed by atoms with van der Waals surface area (Å²) in [5, 5.41) is 11.6. The van der Waals surface area contributed by atoms with Gasteiger partial charge in [-0.25, -0.2) is 4.79 Å². The standard InChI is InChI=1S/C14H19NO4/c1-3-19-14(16)12(2)15(17)9-10-18-11-13-7-5-4-6-8-13/h4-9,12H,3,10-11H2,1-2H3/b15-9-/t12-/m0/s1. The van der Waals surface area contributed by atoms with E-state index in [1.807, 2.05) is 30.3 Å². The summed E-state index contributed by atoms with van der Waals surface area (Å²) in [7, 11) is 0. The Balaban J connectivity index is 2.33. The van der Waals surface area contributed by atoms with E-state index in [1.54, 1.807) is 6.92 Å². The van der Waals surface area contributed by atoms with Crippen LogP contribution in [0, 0.1) is 5.21 Å². The molecule has 0 heterocycles. The van der Waals surface area contributed by atoms with Gasteiger partial charge in [0.2, 0.25) is 0 Å². The lowest BCUT2D eigenvalue weighted by atomic mass is 10.2. The van der Waals surface area contributed by atoms with Crippen molar-refractivity contribution in [2.45, 2.75) is 26.5 Å². The van der Waals surface area contributed by atoms with Gasteiger partial charge in [0.15, 0.2) is 6.21 Å². The van der Waals surface area contributed by atoms with E-state index in [0.29, 0.717) is 11.3 Å². The Kier molecular flexibility index (Phi) is 6.60. The molecule has 0 saturated heterocycles. The van der Waals surface area contributed by atoms with Crippen LogP contribution < -0.4 is 0 Å². The van der Waals surface area contributed by atoms with Crippen molar-refractivity contribution in [1.82, 2.24) is 0 Å². The molecule has 0 spiro atoms. The monoisotopic (exact) mass is 265 g/mol. The predicted octanol–water partition coefficient (Wildman–Crippen LogP) is 1.74. The summed E-state index contributed by atoms with van der Waals surface area (Å²) in [4.78, 5) is 11.3. The molecule has 5 heteroatoms. The SMILES string of the molecule is CCOC(=O)[C@H](C)/[N+]([O-])=C/COCc1ccccc1. The highest BCUT2D eigenvalue weighted by Gasteiger charge is 2.20. The van der Waals surface area contributed by atoms with Gasteiger partial charge in [0.25, 0.3) is 6.04 Å². The first-order chi connectivity index (χ1) is 9.15. The van der Waals surface area contributed by atoms with E-state index < -0.39 is 12.0 Å². The van der Waals surface area contributed by atoms with E-state index >= 15 is 0 Å². The minimum atomic E-state index is -0.847. The Hall–Kier alpha value is -1.88. The maximum absolute atomic E-state index is 11.6. The lowest BCUT2D eigenvalue weighted by Gasteiger charge is -2.11. The molecule has 0 aliphatic heterocycles. The van der Waals surface area contributed by atoms with Crippen LogP contribution in [0.2, 0.25) is 0 Å². The Bertz CT molecular complexity index is 417. The Morgan fingerprint density at radius 3 is 2.74 bits per heavy atom. The number of nitrogens with zero attached hydrogens (tertiary/aromatic N) is 1. The van der Waals surface area contributed by atoms with Crippen LogP contribution in [0.3, 0.4) is 0 Å². The van der Waals surface area contributed by atoms with Crippen molar-refractivity contribution in [3.63, 3.8) is 0 Å². The van der Waals surface area contributed by atoms with Gasteiger partial charge in [-0.05, 0) is 12.5 Å². The summed E-state index contributed by atoms with van der Waals surface area (Å²) in [5.74, 6) is -0.531. The number of hydroxylamine groups is 1. The molecule has 0 radical (unpaired) electrons. The second-order valence-electron chi connectivity index (χ2n) is 3.97.